The van der Waals surface area contributed by atoms with Gasteiger partial charge in [0.1, 0.15) is 17.5 Å². The summed E-state index contributed by atoms with van der Waals surface area (Å²) in [6, 6.07) is 7.89. The zero-order valence-electron chi connectivity index (χ0n) is 16.2. The molecule has 7 heteroatoms. The van der Waals surface area contributed by atoms with Crippen molar-refractivity contribution in [3.05, 3.63) is 53.4 Å². The van der Waals surface area contributed by atoms with Gasteiger partial charge in [0.15, 0.2) is 0 Å². The molecule has 0 saturated carbocycles. The van der Waals surface area contributed by atoms with Gasteiger partial charge in [-0.15, -0.1) is 0 Å². The van der Waals surface area contributed by atoms with E-state index in [1.807, 2.05) is 37.5 Å². The molecule has 0 radical (unpaired) electrons. The zero-order valence-corrected chi connectivity index (χ0v) is 16.9. The van der Waals surface area contributed by atoms with E-state index in [2.05, 4.69) is 15.3 Å². The van der Waals surface area contributed by atoms with E-state index in [0.717, 1.165) is 59.4 Å². The smallest absolute Gasteiger partial charge is 0.138 e. The molecule has 1 aliphatic rings. The number of aromatic amines is 1. The Balaban J connectivity index is 1.66. The summed E-state index contributed by atoms with van der Waals surface area (Å²) in [5, 5.41) is 12.2. The summed E-state index contributed by atoms with van der Waals surface area (Å²) in [4.78, 5) is 7.71. The molecular weight excluding hydrogens is 388 g/mol. The summed E-state index contributed by atoms with van der Waals surface area (Å²) in [7, 11) is 1.81. The lowest BCUT2D eigenvalue weighted by molar-refractivity contribution is 0.0256. The Labute approximate surface area is 174 Å². The summed E-state index contributed by atoms with van der Waals surface area (Å²) in [6.07, 6.45) is 8.68. The van der Waals surface area contributed by atoms with Crippen molar-refractivity contribution in [1.29, 1.82) is 5.41 Å². The second kappa shape index (κ2) is 8.68. The Bertz CT molecular complexity index is 1050. The van der Waals surface area contributed by atoms with Crippen LogP contribution in [0.2, 0.25) is 5.02 Å². The summed E-state index contributed by atoms with van der Waals surface area (Å²) in [5.74, 6) is 0.698. The van der Waals surface area contributed by atoms with Gasteiger partial charge < -0.3 is 25.2 Å². The van der Waals surface area contributed by atoms with Crippen molar-refractivity contribution in [1.82, 2.24) is 15.3 Å². The largest absolute Gasteiger partial charge is 0.489 e. The molecule has 1 aromatic carbocycles. The number of halogens is 1. The van der Waals surface area contributed by atoms with Gasteiger partial charge in [-0.3, -0.25) is 0 Å². The average molecular weight is 411 g/mol. The Morgan fingerprint density at radius 2 is 2.17 bits per heavy atom. The third-order valence-corrected chi connectivity index (χ3v) is 5.32. The third-order valence-electron chi connectivity index (χ3n) is 5.02. The number of pyridine rings is 1. The van der Waals surface area contributed by atoms with E-state index in [1.54, 1.807) is 12.4 Å². The molecular formula is C22H23ClN4O2. The van der Waals surface area contributed by atoms with Gasteiger partial charge in [-0.25, -0.2) is 4.98 Å². The Morgan fingerprint density at radius 3 is 2.90 bits per heavy atom. The highest BCUT2D eigenvalue weighted by molar-refractivity contribution is 6.32. The summed E-state index contributed by atoms with van der Waals surface area (Å²) >= 11 is 6.53. The van der Waals surface area contributed by atoms with Gasteiger partial charge in [0.25, 0.3) is 0 Å². The lowest BCUT2D eigenvalue weighted by Crippen LogP contribution is -2.25. The lowest BCUT2D eigenvalue weighted by atomic mass is 10.0. The van der Waals surface area contributed by atoms with Crippen LogP contribution in [0.5, 0.6) is 5.75 Å². The number of hydrogen-bond acceptors (Lipinski definition) is 5. The minimum atomic E-state index is 0.144. The van der Waals surface area contributed by atoms with Crippen LogP contribution in [0.4, 0.5) is 0 Å². The second-order valence-electron chi connectivity index (χ2n) is 6.93. The van der Waals surface area contributed by atoms with Crippen LogP contribution in [0.1, 0.15) is 18.4 Å². The van der Waals surface area contributed by atoms with Crippen LogP contribution in [0.3, 0.4) is 0 Å². The second-order valence-corrected chi connectivity index (χ2v) is 7.34. The normalized spacial score (nSPS) is 15.4. The van der Waals surface area contributed by atoms with Crippen LogP contribution in [-0.4, -0.2) is 42.5 Å². The summed E-state index contributed by atoms with van der Waals surface area (Å²) in [5.41, 5.74) is 4.40. The number of allylic oxidation sites excluding steroid dienone is 1. The number of nitrogens with zero attached hydrogens (tertiary/aromatic N) is 1. The number of nitrogens with one attached hydrogen (secondary N) is 3. The molecule has 0 atom stereocenters. The number of ether oxygens (including phenoxy) is 2. The van der Waals surface area contributed by atoms with E-state index in [0.29, 0.717) is 10.8 Å². The van der Waals surface area contributed by atoms with Crippen molar-refractivity contribution in [2.24, 2.45) is 0 Å². The van der Waals surface area contributed by atoms with Crippen LogP contribution >= 0.6 is 11.6 Å². The van der Waals surface area contributed by atoms with Gasteiger partial charge in [0.05, 0.1) is 18.2 Å². The SMILES string of the molecule is CN/C=C(\C=N)c1cnc2[nH]cc(-c3ccc(OC4CCOCC4)c(Cl)c3)c2c1. The van der Waals surface area contributed by atoms with E-state index >= 15 is 0 Å². The van der Waals surface area contributed by atoms with Crippen molar-refractivity contribution in [2.75, 3.05) is 20.3 Å². The van der Waals surface area contributed by atoms with Gasteiger partial charge in [-0.2, -0.15) is 0 Å². The molecule has 6 nitrogen and oxygen atoms in total. The lowest BCUT2D eigenvalue weighted by Gasteiger charge is -2.23. The molecule has 150 valence electrons. The number of hydrogen-bond donors (Lipinski definition) is 3. The average Bonchev–Trinajstić information content (AvgIpc) is 3.17. The molecule has 1 fully saturated rings. The van der Waals surface area contributed by atoms with Crippen molar-refractivity contribution in [3.63, 3.8) is 0 Å². The van der Waals surface area contributed by atoms with E-state index in [9.17, 15) is 0 Å². The van der Waals surface area contributed by atoms with Crippen molar-refractivity contribution in [2.45, 2.75) is 18.9 Å². The van der Waals surface area contributed by atoms with Crippen LogP contribution in [-0.2, 0) is 4.74 Å². The van der Waals surface area contributed by atoms with Crippen LogP contribution < -0.4 is 10.1 Å². The molecule has 0 amide bonds. The third kappa shape index (κ3) is 4.13. The predicted octanol–water partition coefficient (Wildman–Crippen LogP) is 4.65. The van der Waals surface area contributed by atoms with Crippen molar-refractivity contribution < 1.29 is 9.47 Å². The first-order valence-corrected chi connectivity index (χ1v) is 9.97. The molecule has 1 saturated heterocycles. The van der Waals surface area contributed by atoms with E-state index in [1.165, 1.54) is 6.21 Å². The zero-order chi connectivity index (χ0) is 20.2. The van der Waals surface area contributed by atoms with Crippen LogP contribution in [0.25, 0.3) is 27.7 Å². The maximum Gasteiger partial charge on any atom is 0.138 e. The fourth-order valence-electron chi connectivity index (χ4n) is 3.50. The molecule has 3 N–H and O–H groups in total. The van der Waals surface area contributed by atoms with Gasteiger partial charge in [-0.1, -0.05) is 17.7 Å². The maximum absolute atomic E-state index is 7.64. The molecule has 0 aliphatic carbocycles. The first kappa shape index (κ1) is 19.5. The number of H-pyrrole nitrogens is 1. The molecule has 0 unspecified atom stereocenters. The van der Waals surface area contributed by atoms with Crippen molar-refractivity contribution in [3.8, 4) is 16.9 Å². The highest BCUT2D eigenvalue weighted by Crippen LogP contribution is 2.35. The highest BCUT2D eigenvalue weighted by atomic mass is 35.5. The number of aromatic nitrogens is 2. The van der Waals surface area contributed by atoms with E-state index in [-0.39, 0.29) is 6.10 Å². The standard InChI is InChI=1S/C22H23ClN4O2/c1-25-11-16(10-24)15-8-18-19(13-27-22(18)26-12-15)14-2-3-21(20(23)9-14)29-17-4-6-28-7-5-17/h2-3,8-13,17,24-25H,4-7H2,1H3,(H,26,27)/b16-11+,24-10?. The summed E-state index contributed by atoms with van der Waals surface area (Å²) < 4.78 is 11.4. The Kier molecular flexibility index (Phi) is 5.83. The number of rotatable bonds is 6. The number of benzene rings is 1. The van der Waals surface area contributed by atoms with Crippen LogP contribution in [0.15, 0.2) is 42.9 Å². The quantitative estimate of drug-likeness (QED) is 0.516. The molecule has 2 aromatic heterocycles. The van der Waals surface area contributed by atoms with E-state index in [4.69, 9.17) is 26.5 Å². The van der Waals surface area contributed by atoms with Gasteiger partial charge in [0, 0.05) is 66.8 Å². The Morgan fingerprint density at radius 1 is 1.34 bits per heavy atom. The minimum absolute atomic E-state index is 0.144. The fourth-order valence-corrected chi connectivity index (χ4v) is 3.73. The Hall–Kier alpha value is -2.83. The first-order chi connectivity index (χ1) is 14.2. The topological polar surface area (TPSA) is 83.0 Å². The monoisotopic (exact) mass is 410 g/mol. The highest BCUT2D eigenvalue weighted by Gasteiger charge is 2.17. The fraction of sp³-hybridized carbons (Fsp3) is 0.273. The molecule has 1 aliphatic heterocycles. The molecule has 29 heavy (non-hydrogen) atoms. The van der Waals surface area contributed by atoms with Gasteiger partial charge in [0.2, 0.25) is 0 Å². The van der Waals surface area contributed by atoms with Gasteiger partial charge in [-0.05, 0) is 23.8 Å². The number of fused-ring (bicyclic) bond motifs is 1. The first-order valence-electron chi connectivity index (χ1n) is 9.59. The molecule has 0 bridgehead atoms. The molecule has 3 aromatic rings. The maximum atomic E-state index is 7.64. The van der Waals surface area contributed by atoms with Crippen LogP contribution in [0, 0.1) is 5.41 Å². The molecule has 3 heterocycles. The predicted molar refractivity (Wildman–Crippen MR) is 117 cm³/mol. The van der Waals surface area contributed by atoms with Gasteiger partial charge >= 0.3 is 0 Å². The minimum Gasteiger partial charge on any atom is -0.489 e. The summed E-state index contributed by atoms with van der Waals surface area (Å²) in [6.45, 7) is 1.45. The van der Waals surface area contributed by atoms with E-state index < -0.39 is 0 Å². The van der Waals surface area contributed by atoms with Crippen molar-refractivity contribution >= 4 is 34.4 Å². The molecule has 4 rings (SSSR count). The molecule has 0 spiro atoms.